The van der Waals surface area contributed by atoms with Crippen molar-refractivity contribution in [3.8, 4) is 5.75 Å². The Morgan fingerprint density at radius 1 is 1.21 bits per heavy atom. The maximum absolute atomic E-state index is 12.8. The summed E-state index contributed by atoms with van der Waals surface area (Å²) < 4.78 is 11.7. The first kappa shape index (κ1) is 14.5. The lowest BCUT2D eigenvalue weighted by atomic mass is 9.97. The van der Waals surface area contributed by atoms with Crippen LogP contribution in [0.15, 0.2) is 45.6 Å². The van der Waals surface area contributed by atoms with Gasteiger partial charge in [0.15, 0.2) is 0 Å². The van der Waals surface area contributed by atoms with Crippen LogP contribution in [0, 0.1) is 0 Å². The van der Waals surface area contributed by atoms with Gasteiger partial charge in [0.2, 0.25) is 5.43 Å². The lowest BCUT2D eigenvalue weighted by Gasteiger charge is -2.28. The molecule has 0 spiro atoms. The van der Waals surface area contributed by atoms with Crippen LogP contribution >= 0.6 is 0 Å². The van der Waals surface area contributed by atoms with E-state index in [0.717, 1.165) is 0 Å². The minimum absolute atomic E-state index is 0.0629. The van der Waals surface area contributed by atoms with E-state index in [0.29, 0.717) is 22.3 Å². The van der Waals surface area contributed by atoms with Crippen molar-refractivity contribution in [2.24, 2.45) is 0 Å². The molecule has 1 aliphatic rings. The van der Waals surface area contributed by atoms with Crippen molar-refractivity contribution in [3.05, 3.63) is 57.8 Å². The number of carboxylic acids is 1. The van der Waals surface area contributed by atoms with Gasteiger partial charge in [0.05, 0.1) is 21.9 Å². The van der Waals surface area contributed by atoms with Gasteiger partial charge in [0.1, 0.15) is 22.5 Å². The van der Waals surface area contributed by atoms with Crippen LogP contribution in [0.1, 0.15) is 29.8 Å². The zero-order valence-corrected chi connectivity index (χ0v) is 13.1. The first-order chi connectivity index (χ1) is 11.4. The molecule has 0 fully saturated rings. The quantitative estimate of drug-likeness (QED) is 0.689. The molecule has 5 nitrogen and oxygen atoms in total. The van der Waals surface area contributed by atoms with Gasteiger partial charge in [0.25, 0.3) is 0 Å². The number of hydrogen-bond acceptors (Lipinski definition) is 4. The molecule has 0 bridgehead atoms. The Hall–Kier alpha value is -3.08. The van der Waals surface area contributed by atoms with Crippen LogP contribution in [0.25, 0.3) is 28.0 Å². The molecule has 1 N–H and O–H groups in total. The number of benzene rings is 2. The Morgan fingerprint density at radius 2 is 1.96 bits per heavy atom. The van der Waals surface area contributed by atoms with E-state index in [1.165, 1.54) is 6.07 Å². The molecule has 1 aromatic heterocycles. The van der Waals surface area contributed by atoms with Gasteiger partial charge >= 0.3 is 5.97 Å². The third kappa shape index (κ3) is 2.01. The largest absolute Gasteiger partial charge is 0.483 e. The fourth-order valence-electron chi connectivity index (χ4n) is 2.98. The SMILES string of the molecule is CC1(C)C=Cc2c(cc(C(=O)O)c3c(=O)c4ccccc4oc23)O1. The van der Waals surface area contributed by atoms with Gasteiger partial charge in [-0.05, 0) is 44.2 Å². The molecular weight excluding hydrogens is 308 g/mol. The molecule has 0 aliphatic carbocycles. The van der Waals surface area contributed by atoms with Crippen molar-refractivity contribution >= 4 is 34.0 Å². The van der Waals surface area contributed by atoms with E-state index in [9.17, 15) is 14.7 Å². The molecule has 5 heteroatoms. The highest BCUT2D eigenvalue weighted by atomic mass is 16.5. The molecule has 2 aromatic carbocycles. The minimum Gasteiger partial charge on any atom is -0.483 e. The second-order valence-electron chi connectivity index (χ2n) is 6.31. The van der Waals surface area contributed by atoms with Crippen LogP contribution in [0.5, 0.6) is 5.75 Å². The van der Waals surface area contributed by atoms with E-state index in [2.05, 4.69) is 0 Å². The predicted molar refractivity (Wildman–Crippen MR) is 90.7 cm³/mol. The fourth-order valence-corrected chi connectivity index (χ4v) is 2.98. The highest BCUT2D eigenvalue weighted by Crippen LogP contribution is 2.38. The van der Waals surface area contributed by atoms with Crippen molar-refractivity contribution in [1.82, 2.24) is 0 Å². The van der Waals surface area contributed by atoms with E-state index >= 15 is 0 Å². The van der Waals surface area contributed by atoms with Crippen molar-refractivity contribution in [2.45, 2.75) is 19.4 Å². The van der Waals surface area contributed by atoms with Gasteiger partial charge in [0, 0.05) is 0 Å². The third-order valence-electron chi connectivity index (χ3n) is 4.11. The van der Waals surface area contributed by atoms with Crippen LogP contribution in [-0.2, 0) is 0 Å². The van der Waals surface area contributed by atoms with Gasteiger partial charge < -0.3 is 14.3 Å². The lowest BCUT2D eigenvalue weighted by Crippen LogP contribution is -2.28. The third-order valence-corrected chi connectivity index (χ3v) is 4.11. The van der Waals surface area contributed by atoms with E-state index in [-0.39, 0.29) is 22.0 Å². The summed E-state index contributed by atoms with van der Waals surface area (Å²) in [6.07, 6.45) is 3.66. The summed E-state index contributed by atoms with van der Waals surface area (Å²) in [5.74, 6) is -0.799. The fraction of sp³-hybridized carbons (Fsp3) is 0.158. The zero-order valence-electron chi connectivity index (χ0n) is 13.1. The molecular formula is C19H14O5. The average Bonchev–Trinajstić information content (AvgIpc) is 2.53. The predicted octanol–water partition coefficient (Wildman–Crippen LogP) is 3.83. The van der Waals surface area contributed by atoms with Crippen LogP contribution < -0.4 is 10.2 Å². The van der Waals surface area contributed by atoms with Gasteiger partial charge in [-0.25, -0.2) is 4.79 Å². The number of hydrogen-bond donors (Lipinski definition) is 1. The number of ether oxygens (including phenoxy) is 1. The summed E-state index contributed by atoms with van der Waals surface area (Å²) in [5.41, 5.74) is 0.197. The van der Waals surface area contributed by atoms with Gasteiger partial charge in [-0.2, -0.15) is 0 Å². The maximum Gasteiger partial charge on any atom is 0.336 e. The molecule has 0 saturated carbocycles. The molecule has 24 heavy (non-hydrogen) atoms. The van der Waals surface area contributed by atoms with Crippen molar-refractivity contribution in [1.29, 1.82) is 0 Å². The summed E-state index contributed by atoms with van der Waals surface area (Å²) in [6, 6.07) is 8.20. The van der Waals surface area contributed by atoms with Gasteiger partial charge in [-0.1, -0.05) is 12.1 Å². The van der Waals surface area contributed by atoms with Crippen LogP contribution in [0.4, 0.5) is 0 Å². The summed E-state index contributed by atoms with van der Waals surface area (Å²) in [7, 11) is 0. The minimum atomic E-state index is -1.19. The lowest BCUT2D eigenvalue weighted by molar-refractivity contribution is 0.0697. The topological polar surface area (TPSA) is 76.7 Å². The molecule has 1 aliphatic heterocycles. The average molecular weight is 322 g/mol. The summed E-state index contributed by atoms with van der Waals surface area (Å²) in [5, 5.41) is 9.97. The van der Waals surface area contributed by atoms with Crippen LogP contribution in [0.2, 0.25) is 0 Å². The monoisotopic (exact) mass is 322 g/mol. The number of fused-ring (bicyclic) bond motifs is 4. The number of rotatable bonds is 1. The Morgan fingerprint density at radius 3 is 2.71 bits per heavy atom. The Balaban J connectivity index is 2.23. The van der Waals surface area contributed by atoms with E-state index < -0.39 is 11.6 Å². The smallest absolute Gasteiger partial charge is 0.336 e. The Labute approximate surface area is 136 Å². The molecule has 0 saturated heterocycles. The second kappa shape index (κ2) is 4.71. The van der Waals surface area contributed by atoms with Gasteiger partial charge in [-0.3, -0.25) is 4.79 Å². The summed E-state index contributed by atoms with van der Waals surface area (Å²) >= 11 is 0. The second-order valence-corrected chi connectivity index (χ2v) is 6.31. The van der Waals surface area contributed by atoms with E-state index in [1.54, 1.807) is 24.3 Å². The van der Waals surface area contributed by atoms with Gasteiger partial charge in [-0.15, -0.1) is 0 Å². The summed E-state index contributed by atoms with van der Waals surface area (Å²) in [6.45, 7) is 3.74. The van der Waals surface area contributed by atoms with Crippen molar-refractivity contribution in [3.63, 3.8) is 0 Å². The number of aromatic carboxylic acids is 1. The molecule has 3 aromatic rings. The standard InChI is InChI=1S/C19H14O5/c1-19(2)8-7-11-14(24-19)9-12(18(21)22)15-16(20)10-5-3-4-6-13(10)23-17(11)15/h3-9H,1-2H3,(H,21,22). The van der Waals surface area contributed by atoms with Crippen LogP contribution in [0.3, 0.4) is 0 Å². The number of carboxylic acid groups (broad SMARTS) is 1. The first-order valence-corrected chi connectivity index (χ1v) is 7.51. The highest BCUT2D eigenvalue weighted by molar-refractivity contribution is 6.08. The molecule has 0 unspecified atom stereocenters. The first-order valence-electron chi connectivity index (χ1n) is 7.51. The van der Waals surface area contributed by atoms with E-state index in [1.807, 2.05) is 26.0 Å². The molecule has 120 valence electrons. The van der Waals surface area contributed by atoms with Crippen molar-refractivity contribution < 1.29 is 19.1 Å². The number of para-hydroxylation sites is 1. The van der Waals surface area contributed by atoms with E-state index in [4.69, 9.17) is 9.15 Å². The molecule has 0 radical (unpaired) electrons. The zero-order chi connectivity index (χ0) is 17.1. The maximum atomic E-state index is 12.8. The summed E-state index contributed by atoms with van der Waals surface area (Å²) in [4.78, 5) is 24.5. The Bertz CT molecular complexity index is 1100. The number of carbonyl (C=O) groups is 1. The Kier molecular flexibility index (Phi) is 2.85. The van der Waals surface area contributed by atoms with Crippen LogP contribution in [-0.4, -0.2) is 16.7 Å². The molecule has 0 atom stereocenters. The molecule has 4 rings (SSSR count). The highest BCUT2D eigenvalue weighted by Gasteiger charge is 2.28. The normalized spacial score (nSPS) is 15.2. The molecule has 0 amide bonds. The molecule has 2 heterocycles. The van der Waals surface area contributed by atoms with Crippen molar-refractivity contribution in [2.75, 3.05) is 0 Å².